The lowest BCUT2D eigenvalue weighted by atomic mass is 10.1. The van der Waals surface area contributed by atoms with Gasteiger partial charge >= 0.3 is 12.4 Å². The molecule has 12 heteroatoms. The van der Waals surface area contributed by atoms with Gasteiger partial charge in [0.2, 0.25) is 5.95 Å². The first-order valence-electron chi connectivity index (χ1n) is 10.6. The van der Waals surface area contributed by atoms with Crippen molar-refractivity contribution >= 4 is 29.4 Å². The van der Waals surface area contributed by atoms with Gasteiger partial charge < -0.3 is 15.4 Å². The number of benzene rings is 2. The normalized spacial score (nSPS) is 11.2. The highest BCUT2D eigenvalue weighted by molar-refractivity contribution is 7.98. The average Bonchev–Trinajstić information content (AvgIpc) is 2.80. The third-order valence-electron chi connectivity index (χ3n) is 4.69. The number of thioether (sulfide) groups is 1. The fourth-order valence-electron chi connectivity index (χ4n) is 3.09. The minimum atomic E-state index is -4.92. The summed E-state index contributed by atoms with van der Waals surface area (Å²) in [6.45, 7) is 1.65. The van der Waals surface area contributed by atoms with Gasteiger partial charge in [0, 0.05) is 12.7 Å². The van der Waals surface area contributed by atoms with E-state index in [1.54, 1.807) is 0 Å². The van der Waals surface area contributed by atoms with E-state index in [2.05, 4.69) is 36.9 Å². The van der Waals surface area contributed by atoms with E-state index in [-0.39, 0.29) is 11.6 Å². The van der Waals surface area contributed by atoms with Crippen LogP contribution in [0.5, 0.6) is 5.75 Å². The van der Waals surface area contributed by atoms with Crippen LogP contribution in [-0.4, -0.2) is 40.9 Å². The van der Waals surface area contributed by atoms with Crippen LogP contribution in [0, 0.1) is 0 Å². The van der Waals surface area contributed by atoms with Gasteiger partial charge in [0.1, 0.15) is 0 Å². The molecule has 0 spiro atoms. The Labute approximate surface area is 203 Å². The number of anilines is 2. The van der Waals surface area contributed by atoms with Crippen molar-refractivity contribution in [3.8, 4) is 16.9 Å². The van der Waals surface area contributed by atoms with Gasteiger partial charge in [-0.05, 0) is 48.2 Å². The molecular weight excluding hydrogens is 483 g/mol. The Morgan fingerprint density at radius 3 is 2.54 bits per heavy atom. The number of para-hydroxylation sites is 2. The van der Waals surface area contributed by atoms with E-state index in [9.17, 15) is 22.8 Å². The number of amides is 2. The van der Waals surface area contributed by atoms with Crippen LogP contribution < -0.4 is 26.2 Å². The fourth-order valence-corrected chi connectivity index (χ4v) is 3.52. The van der Waals surface area contributed by atoms with Crippen LogP contribution in [0.25, 0.3) is 11.1 Å². The summed E-state index contributed by atoms with van der Waals surface area (Å²) in [6.07, 6.45) is -0.444. The van der Waals surface area contributed by atoms with Gasteiger partial charge in [0.05, 0.1) is 11.3 Å². The number of aromatic nitrogens is 2. The second-order valence-corrected chi connectivity index (χ2v) is 8.30. The Hall–Kier alpha value is -3.51. The van der Waals surface area contributed by atoms with Crippen molar-refractivity contribution in [1.82, 2.24) is 15.3 Å². The first-order chi connectivity index (χ1) is 16.7. The van der Waals surface area contributed by atoms with Crippen LogP contribution in [0.15, 0.2) is 59.5 Å². The van der Waals surface area contributed by atoms with E-state index >= 15 is 0 Å². The Morgan fingerprint density at radius 2 is 1.86 bits per heavy atom. The van der Waals surface area contributed by atoms with Crippen LogP contribution in [0.4, 0.5) is 29.6 Å². The minimum absolute atomic E-state index is 0.170. The van der Waals surface area contributed by atoms with Crippen molar-refractivity contribution in [2.75, 3.05) is 29.2 Å². The molecule has 0 radical (unpaired) electrons. The number of ether oxygens (including phenoxy) is 1. The summed E-state index contributed by atoms with van der Waals surface area (Å²) < 4.78 is 41.5. The molecule has 0 saturated carbocycles. The maximum absolute atomic E-state index is 12.5. The van der Waals surface area contributed by atoms with Crippen LogP contribution in [0.1, 0.15) is 12.0 Å². The minimum Gasteiger partial charge on any atom is -0.404 e. The number of hydrogen-bond acceptors (Lipinski definition) is 6. The largest absolute Gasteiger partial charge is 0.573 e. The van der Waals surface area contributed by atoms with Gasteiger partial charge in [0.25, 0.3) is 5.56 Å². The van der Waals surface area contributed by atoms with E-state index in [1.165, 1.54) is 24.4 Å². The molecule has 0 saturated heterocycles. The van der Waals surface area contributed by atoms with Gasteiger partial charge in [-0.25, -0.2) is 9.78 Å². The fraction of sp³-hybridized carbons (Fsp3) is 0.261. The molecule has 35 heavy (non-hydrogen) atoms. The Bertz CT molecular complexity index is 1190. The number of alkyl halides is 3. The maximum atomic E-state index is 12.5. The zero-order valence-electron chi connectivity index (χ0n) is 18.7. The number of H-pyrrole nitrogens is 1. The molecule has 0 unspecified atom stereocenters. The third kappa shape index (κ3) is 8.34. The van der Waals surface area contributed by atoms with Crippen molar-refractivity contribution in [3.05, 3.63) is 70.6 Å². The Kier molecular flexibility index (Phi) is 9.15. The lowest BCUT2D eigenvalue weighted by molar-refractivity contribution is -0.274. The summed E-state index contributed by atoms with van der Waals surface area (Å²) in [4.78, 5) is 31.2. The number of nitrogens with zero attached hydrogens (tertiary/aromatic N) is 1. The SMILES string of the molecule is CSCCCNCc1ccc(-c2cnc(NC(=O)Nc3ccccc3OC(F)(F)F)[nH]c2=O)cc1. The van der Waals surface area contributed by atoms with E-state index in [0.717, 1.165) is 36.9 Å². The molecule has 186 valence electrons. The first kappa shape index (κ1) is 26.1. The summed E-state index contributed by atoms with van der Waals surface area (Å²) in [7, 11) is 0. The molecule has 0 aliphatic rings. The highest BCUT2D eigenvalue weighted by Crippen LogP contribution is 2.30. The third-order valence-corrected chi connectivity index (χ3v) is 5.39. The van der Waals surface area contributed by atoms with Crippen LogP contribution in [0.3, 0.4) is 0 Å². The number of carbonyl (C=O) groups excluding carboxylic acids is 1. The molecule has 0 aliphatic carbocycles. The summed E-state index contributed by atoms with van der Waals surface area (Å²) in [5, 5.41) is 7.88. The average molecular weight is 508 g/mol. The predicted octanol–water partition coefficient (Wildman–Crippen LogP) is 4.82. The Morgan fingerprint density at radius 1 is 1.11 bits per heavy atom. The second kappa shape index (κ2) is 12.3. The lowest BCUT2D eigenvalue weighted by Crippen LogP contribution is -2.24. The molecule has 8 nitrogen and oxygen atoms in total. The van der Waals surface area contributed by atoms with E-state index in [0.29, 0.717) is 11.1 Å². The van der Waals surface area contributed by atoms with E-state index in [1.807, 2.05) is 36.0 Å². The number of halogens is 3. The van der Waals surface area contributed by atoms with Crippen molar-refractivity contribution in [1.29, 1.82) is 0 Å². The predicted molar refractivity (Wildman–Crippen MR) is 131 cm³/mol. The van der Waals surface area contributed by atoms with E-state index in [4.69, 9.17) is 0 Å². The number of aromatic amines is 1. The van der Waals surface area contributed by atoms with Crippen LogP contribution in [0.2, 0.25) is 0 Å². The molecule has 2 aromatic carbocycles. The van der Waals surface area contributed by atoms with Gasteiger partial charge in [0.15, 0.2) is 5.75 Å². The summed E-state index contributed by atoms with van der Waals surface area (Å²) in [5.74, 6) is 0.357. The Balaban J connectivity index is 1.61. The number of urea groups is 1. The molecule has 1 aromatic heterocycles. The van der Waals surface area contributed by atoms with Gasteiger partial charge in [-0.2, -0.15) is 11.8 Å². The summed E-state index contributed by atoms with van der Waals surface area (Å²) in [5.41, 5.74) is 1.34. The first-order valence-corrected chi connectivity index (χ1v) is 12.0. The highest BCUT2D eigenvalue weighted by Gasteiger charge is 2.32. The molecule has 2 amide bonds. The number of rotatable bonds is 10. The second-order valence-electron chi connectivity index (χ2n) is 7.32. The van der Waals surface area contributed by atoms with Crippen LogP contribution >= 0.6 is 11.8 Å². The molecule has 3 rings (SSSR count). The molecule has 0 fully saturated rings. The van der Waals surface area contributed by atoms with Gasteiger partial charge in [-0.3, -0.25) is 15.1 Å². The topological polar surface area (TPSA) is 108 Å². The maximum Gasteiger partial charge on any atom is 0.573 e. The lowest BCUT2D eigenvalue weighted by Gasteiger charge is -2.14. The molecule has 1 heterocycles. The standard InChI is InChI=1S/C23H24F3N5O3S/c1-35-12-4-11-27-13-15-7-9-16(10-8-15)17-14-28-21(30-20(17)32)31-22(33)29-18-5-2-3-6-19(18)34-23(24,25)26/h2-3,5-10,14,27H,4,11-13H2,1H3,(H3,28,29,30,31,32,33). The number of carbonyl (C=O) groups is 1. The summed E-state index contributed by atoms with van der Waals surface area (Å²) >= 11 is 1.81. The van der Waals surface area contributed by atoms with Crippen molar-refractivity contribution in [3.63, 3.8) is 0 Å². The number of hydrogen-bond donors (Lipinski definition) is 4. The summed E-state index contributed by atoms with van der Waals surface area (Å²) in [6, 6.07) is 11.6. The molecular formula is C23H24F3N5O3S. The van der Waals surface area contributed by atoms with Crippen molar-refractivity contribution in [2.24, 2.45) is 0 Å². The smallest absolute Gasteiger partial charge is 0.404 e. The van der Waals surface area contributed by atoms with Gasteiger partial charge in [-0.1, -0.05) is 36.4 Å². The van der Waals surface area contributed by atoms with Gasteiger partial charge in [-0.15, -0.1) is 13.2 Å². The van der Waals surface area contributed by atoms with Crippen molar-refractivity contribution in [2.45, 2.75) is 19.3 Å². The van der Waals surface area contributed by atoms with E-state index < -0.39 is 23.7 Å². The van der Waals surface area contributed by atoms with Crippen LogP contribution in [-0.2, 0) is 6.54 Å². The monoisotopic (exact) mass is 507 g/mol. The molecule has 3 aromatic rings. The highest BCUT2D eigenvalue weighted by atomic mass is 32.2. The molecule has 0 atom stereocenters. The molecule has 4 N–H and O–H groups in total. The van der Waals surface area contributed by atoms with Crippen molar-refractivity contribution < 1.29 is 22.7 Å². The molecule has 0 aliphatic heterocycles. The zero-order valence-corrected chi connectivity index (χ0v) is 19.6. The number of nitrogens with one attached hydrogen (secondary N) is 4. The zero-order chi connectivity index (χ0) is 25.3. The molecule has 0 bridgehead atoms. The quantitative estimate of drug-likeness (QED) is 0.293.